The fraction of sp³-hybridized carbons (Fsp3) is 0.444. The molecule has 2 nitrogen and oxygen atoms in total. The molecule has 0 aromatic carbocycles. The van der Waals surface area contributed by atoms with E-state index in [-0.39, 0.29) is 26.1 Å². The molecular formula is C9H9Cl4NO. The number of nitrogens with zero attached hydrogens (tertiary/aromatic N) is 1. The van der Waals surface area contributed by atoms with Crippen molar-refractivity contribution in [1.29, 1.82) is 0 Å². The molecule has 0 aliphatic rings. The zero-order chi connectivity index (χ0) is 11.8. The predicted octanol–water partition coefficient (Wildman–Crippen LogP) is 4.87. The van der Waals surface area contributed by atoms with Gasteiger partial charge in [-0.1, -0.05) is 46.4 Å². The molecule has 0 spiro atoms. The Labute approximate surface area is 108 Å². The van der Waals surface area contributed by atoms with Crippen LogP contribution in [0.5, 0.6) is 5.75 Å². The van der Waals surface area contributed by atoms with E-state index in [9.17, 15) is 0 Å². The third-order valence-electron chi connectivity index (χ3n) is 1.37. The number of aromatic nitrogens is 1. The van der Waals surface area contributed by atoms with Gasteiger partial charge in [-0.25, -0.2) is 4.98 Å². The molecule has 0 radical (unpaired) electrons. The number of halogens is 4. The first kappa shape index (κ1) is 13.2. The van der Waals surface area contributed by atoms with Gasteiger partial charge < -0.3 is 4.74 Å². The maximum absolute atomic E-state index is 5.91. The molecule has 84 valence electrons. The fourth-order valence-corrected chi connectivity index (χ4v) is 1.65. The Morgan fingerprint density at radius 2 is 1.33 bits per heavy atom. The summed E-state index contributed by atoms with van der Waals surface area (Å²) in [6.45, 7) is 5.59. The minimum Gasteiger partial charge on any atom is -0.485 e. The van der Waals surface area contributed by atoms with Crippen molar-refractivity contribution in [1.82, 2.24) is 4.98 Å². The minimum atomic E-state index is -0.443. The molecule has 1 rings (SSSR count). The van der Waals surface area contributed by atoms with Crippen LogP contribution in [-0.4, -0.2) is 10.6 Å². The van der Waals surface area contributed by atoms with Crippen molar-refractivity contribution >= 4 is 46.4 Å². The quantitative estimate of drug-likeness (QED) is 0.688. The largest absolute Gasteiger partial charge is 0.485 e. The van der Waals surface area contributed by atoms with Crippen molar-refractivity contribution in [3.05, 3.63) is 20.4 Å². The zero-order valence-electron chi connectivity index (χ0n) is 8.37. The molecule has 0 fully saturated rings. The van der Waals surface area contributed by atoms with Gasteiger partial charge in [0.05, 0.1) is 0 Å². The Bertz CT molecular complexity index is 360. The van der Waals surface area contributed by atoms with Gasteiger partial charge in [0.1, 0.15) is 15.6 Å². The summed E-state index contributed by atoms with van der Waals surface area (Å²) in [6, 6.07) is 0. The van der Waals surface area contributed by atoms with Gasteiger partial charge in [-0.15, -0.1) is 0 Å². The van der Waals surface area contributed by atoms with Crippen LogP contribution >= 0.6 is 46.4 Å². The van der Waals surface area contributed by atoms with Gasteiger partial charge in [-0.05, 0) is 20.8 Å². The van der Waals surface area contributed by atoms with Crippen LogP contribution in [0, 0.1) is 0 Å². The average Bonchev–Trinajstić information content (AvgIpc) is 2.08. The monoisotopic (exact) mass is 287 g/mol. The van der Waals surface area contributed by atoms with Gasteiger partial charge in [0.2, 0.25) is 0 Å². The molecule has 1 aromatic heterocycles. The summed E-state index contributed by atoms with van der Waals surface area (Å²) in [5.74, 6) is 0.260. The zero-order valence-corrected chi connectivity index (χ0v) is 11.4. The lowest BCUT2D eigenvalue weighted by Gasteiger charge is -2.23. The second-order valence-electron chi connectivity index (χ2n) is 3.86. The molecule has 0 aliphatic heterocycles. The second kappa shape index (κ2) is 4.54. The normalized spacial score (nSPS) is 11.7. The van der Waals surface area contributed by atoms with E-state index in [0.29, 0.717) is 0 Å². The molecule has 0 N–H and O–H groups in total. The minimum absolute atomic E-state index is 0.0744. The van der Waals surface area contributed by atoms with Crippen LogP contribution in [0.3, 0.4) is 0 Å². The lowest BCUT2D eigenvalue weighted by atomic mass is 10.2. The maximum atomic E-state index is 5.91. The fourth-order valence-electron chi connectivity index (χ4n) is 0.864. The molecule has 0 amide bonds. The maximum Gasteiger partial charge on any atom is 0.163 e. The van der Waals surface area contributed by atoms with Crippen LogP contribution < -0.4 is 4.74 Å². The molecule has 15 heavy (non-hydrogen) atoms. The molecule has 0 unspecified atom stereocenters. The molecular weight excluding hydrogens is 280 g/mol. The lowest BCUT2D eigenvalue weighted by molar-refractivity contribution is 0.131. The van der Waals surface area contributed by atoms with E-state index in [1.165, 1.54) is 0 Å². The van der Waals surface area contributed by atoms with Crippen molar-refractivity contribution < 1.29 is 4.74 Å². The van der Waals surface area contributed by atoms with E-state index in [1.807, 2.05) is 20.8 Å². The van der Waals surface area contributed by atoms with Gasteiger partial charge >= 0.3 is 0 Å². The first-order valence-corrected chi connectivity index (χ1v) is 5.62. The molecule has 0 atom stereocenters. The Hall–Kier alpha value is 0.110. The highest BCUT2D eigenvalue weighted by Crippen LogP contribution is 2.42. The number of hydrogen-bond donors (Lipinski definition) is 0. The van der Waals surface area contributed by atoms with Crippen molar-refractivity contribution in [3.63, 3.8) is 0 Å². The Kier molecular flexibility index (Phi) is 3.99. The van der Waals surface area contributed by atoms with E-state index in [1.54, 1.807) is 0 Å². The summed E-state index contributed by atoms with van der Waals surface area (Å²) in [6.07, 6.45) is 0. The van der Waals surface area contributed by atoms with Crippen LogP contribution in [0.1, 0.15) is 20.8 Å². The Balaban J connectivity index is 3.27. The van der Waals surface area contributed by atoms with Gasteiger partial charge in [0.15, 0.2) is 16.1 Å². The molecule has 1 heterocycles. The van der Waals surface area contributed by atoms with E-state index in [0.717, 1.165) is 0 Å². The van der Waals surface area contributed by atoms with E-state index >= 15 is 0 Å². The predicted molar refractivity (Wildman–Crippen MR) is 64.7 cm³/mol. The standard InChI is InChI=1S/C9H9Cl4NO/c1-9(2,3)15-6-4(10)7(12)14-8(13)5(6)11/h1-3H3. The summed E-state index contributed by atoms with van der Waals surface area (Å²) >= 11 is 23.3. The van der Waals surface area contributed by atoms with Crippen LogP contribution in [0.25, 0.3) is 0 Å². The summed E-state index contributed by atoms with van der Waals surface area (Å²) in [5.41, 5.74) is -0.443. The molecule has 0 saturated carbocycles. The van der Waals surface area contributed by atoms with E-state index < -0.39 is 5.60 Å². The number of pyridine rings is 1. The second-order valence-corrected chi connectivity index (χ2v) is 5.34. The van der Waals surface area contributed by atoms with Crippen molar-refractivity contribution in [3.8, 4) is 5.75 Å². The number of hydrogen-bond acceptors (Lipinski definition) is 2. The highest BCUT2D eigenvalue weighted by Gasteiger charge is 2.21. The third kappa shape index (κ3) is 3.28. The van der Waals surface area contributed by atoms with Crippen molar-refractivity contribution in [2.75, 3.05) is 0 Å². The first-order chi connectivity index (χ1) is 6.72. The lowest BCUT2D eigenvalue weighted by Crippen LogP contribution is -2.23. The van der Waals surface area contributed by atoms with Crippen molar-refractivity contribution in [2.45, 2.75) is 26.4 Å². The van der Waals surface area contributed by atoms with E-state index in [4.69, 9.17) is 51.1 Å². The van der Waals surface area contributed by atoms with Crippen LogP contribution in [-0.2, 0) is 0 Å². The molecule has 1 aromatic rings. The van der Waals surface area contributed by atoms with Gasteiger partial charge in [-0.2, -0.15) is 0 Å². The number of ether oxygens (including phenoxy) is 1. The Morgan fingerprint density at radius 3 is 1.67 bits per heavy atom. The summed E-state index contributed by atoms with van der Waals surface area (Å²) in [5, 5.41) is 0.484. The van der Waals surface area contributed by atoms with Crippen LogP contribution in [0.4, 0.5) is 0 Å². The third-order valence-corrected chi connectivity index (χ3v) is 2.81. The SMILES string of the molecule is CC(C)(C)Oc1c(Cl)c(Cl)nc(Cl)c1Cl. The van der Waals surface area contributed by atoms with E-state index in [2.05, 4.69) is 4.98 Å². The van der Waals surface area contributed by atoms with Gasteiger partial charge in [-0.3, -0.25) is 0 Å². The summed E-state index contributed by atoms with van der Waals surface area (Å²) in [7, 11) is 0. The van der Waals surface area contributed by atoms with Crippen LogP contribution in [0.2, 0.25) is 20.4 Å². The first-order valence-electron chi connectivity index (χ1n) is 4.11. The molecule has 0 bridgehead atoms. The topological polar surface area (TPSA) is 22.1 Å². The van der Waals surface area contributed by atoms with Gasteiger partial charge in [0.25, 0.3) is 0 Å². The smallest absolute Gasteiger partial charge is 0.163 e. The Morgan fingerprint density at radius 1 is 0.933 bits per heavy atom. The molecule has 6 heteroatoms. The number of rotatable bonds is 1. The molecule has 0 aliphatic carbocycles. The van der Waals surface area contributed by atoms with Crippen molar-refractivity contribution in [2.24, 2.45) is 0 Å². The molecule has 0 saturated heterocycles. The van der Waals surface area contributed by atoms with Crippen LogP contribution in [0.15, 0.2) is 0 Å². The summed E-state index contributed by atoms with van der Waals surface area (Å²) < 4.78 is 5.55. The average molecular weight is 289 g/mol. The highest BCUT2D eigenvalue weighted by atomic mass is 35.5. The summed E-state index contributed by atoms with van der Waals surface area (Å²) in [4.78, 5) is 3.75. The van der Waals surface area contributed by atoms with Gasteiger partial charge in [0, 0.05) is 0 Å². The highest BCUT2D eigenvalue weighted by molar-refractivity contribution is 6.47.